The molecular weight excluding hydrogens is 567 g/mol. The van der Waals surface area contributed by atoms with Crippen molar-refractivity contribution in [2.45, 2.75) is 24.7 Å². The topological polar surface area (TPSA) is 143 Å². The molecule has 5 aromatic rings. The third-order valence-corrected chi connectivity index (χ3v) is 7.83. The SMILES string of the molecule is CCS(=O)(=O)c1nn2c(C(=O)NOCc3cccc(OC)c3)ccnc2c1-c1nc2cc(C(F)(F)F)cnc2n1C. The Balaban J connectivity index is 1.58. The van der Waals surface area contributed by atoms with E-state index >= 15 is 0 Å². The van der Waals surface area contributed by atoms with E-state index in [0.29, 0.717) is 17.5 Å². The molecule has 0 unspecified atom stereocenters. The van der Waals surface area contributed by atoms with Crippen molar-refractivity contribution in [2.24, 2.45) is 7.05 Å². The number of methoxy groups -OCH3 is 1. The highest BCUT2D eigenvalue weighted by atomic mass is 32.2. The molecule has 214 valence electrons. The number of rotatable bonds is 8. The van der Waals surface area contributed by atoms with Crippen molar-refractivity contribution in [2.75, 3.05) is 12.9 Å². The van der Waals surface area contributed by atoms with E-state index in [-0.39, 0.29) is 46.3 Å². The minimum Gasteiger partial charge on any atom is -0.497 e. The van der Waals surface area contributed by atoms with Gasteiger partial charge in [0, 0.05) is 19.4 Å². The first-order valence-corrected chi connectivity index (χ1v) is 13.7. The number of benzene rings is 1. The second-order valence-corrected chi connectivity index (χ2v) is 11.0. The average molecular weight is 590 g/mol. The minimum absolute atomic E-state index is 0.00373. The number of hydrogen-bond acceptors (Lipinski definition) is 9. The van der Waals surface area contributed by atoms with E-state index in [9.17, 15) is 26.4 Å². The second kappa shape index (κ2) is 10.4. The number of imidazole rings is 1. The Morgan fingerprint density at radius 2 is 1.90 bits per heavy atom. The molecule has 0 radical (unpaired) electrons. The zero-order valence-corrected chi connectivity index (χ0v) is 22.6. The first-order chi connectivity index (χ1) is 19.4. The number of hydrogen-bond donors (Lipinski definition) is 1. The predicted octanol–water partition coefficient (Wildman–Crippen LogP) is 3.36. The number of nitrogens with zero attached hydrogens (tertiary/aromatic N) is 6. The second-order valence-electron chi connectivity index (χ2n) is 8.78. The standard InChI is InChI=1S/C25H22F3N7O5S/c1-4-41(37,38)24-19(22-31-17-11-15(25(26,27)28)12-30-20(17)34(22)2)21-29-9-8-18(35(21)32-24)23(36)33-40-13-14-6-5-7-16(10-14)39-3/h5-12H,4,13H2,1-3H3,(H,33,36). The van der Waals surface area contributed by atoms with Crippen LogP contribution in [0.4, 0.5) is 13.2 Å². The molecule has 4 heterocycles. The van der Waals surface area contributed by atoms with Crippen molar-refractivity contribution >= 4 is 32.6 Å². The first-order valence-electron chi connectivity index (χ1n) is 12.0. The van der Waals surface area contributed by atoms with Gasteiger partial charge in [-0.1, -0.05) is 19.1 Å². The van der Waals surface area contributed by atoms with E-state index in [2.05, 4.69) is 25.5 Å². The zero-order chi connectivity index (χ0) is 29.5. The Kier molecular flexibility index (Phi) is 7.12. The Labute approximate surface area is 230 Å². The molecule has 12 nitrogen and oxygen atoms in total. The quantitative estimate of drug-likeness (QED) is 0.270. The van der Waals surface area contributed by atoms with Crippen LogP contribution in [0.15, 0.2) is 53.8 Å². The summed E-state index contributed by atoms with van der Waals surface area (Å²) in [5.41, 5.74) is 1.69. The van der Waals surface area contributed by atoms with Gasteiger partial charge in [0.1, 0.15) is 28.3 Å². The first kappa shape index (κ1) is 28.0. The van der Waals surface area contributed by atoms with Crippen LogP contribution in [0.1, 0.15) is 28.5 Å². The average Bonchev–Trinajstić information content (AvgIpc) is 3.50. The van der Waals surface area contributed by atoms with E-state index in [0.717, 1.165) is 10.6 Å². The van der Waals surface area contributed by atoms with Crippen molar-refractivity contribution < 1.29 is 36.0 Å². The number of halogens is 3. The molecule has 0 spiro atoms. The Morgan fingerprint density at radius 3 is 2.61 bits per heavy atom. The molecule has 0 saturated heterocycles. The van der Waals surface area contributed by atoms with Crippen molar-refractivity contribution in [3.8, 4) is 17.1 Å². The Morgan fingerprint density at radius 1 is 1.12 bits per heavy atom. The van der Waals surface area contributed by atoms with Crippen LogP contribution in [0, 0.1) is 0 Å². The summed E-state index contributed by atoms with van der Waals surface area (Å²) < 4.78 is 73.6. The van der Waals surface area contributed by atoms with Crippen molar-refractivity contribution in [3.05, 3.63) is 65.6 Å². The van der Waals surface area contributed by atoms with Gasteiger partial charge in [0.2, 0.25) is 0 Å². The Hall–Kier alpha value is -4.57. The summed E-state index contributed by atoms with van der Waals surface area (Å²) in [6, 6.07) is 9.13. The van der Waals surface area contributed by atoms with Crippen LogP contribution >= 0.6 is 0 Å². The number of hydroxylamine groups is 1. The number of nitrogens with one attached hydrogen (secondary N) is 1. The minimum atomic E-state index is -4.65. The van der Waals surface area contributed by atoms with Gasteiger partial charge in [0.15, 0.2) is 26.2 Å². The van der Waals surface area contributed by atoms with Gasteiger partial charge in [-0.05, 0) is 29.8 Å². The summed E-state index contributed by atoms with van der Waals surface area (Å²) in [4.78, 5) is 30.8. The summed E-state index contributed by atoms with van der Waals surface area (Å²) in [6.45, 7) is 1.41. The molecule has 0 fully saturated rings. The summed E-state index contributed by atoms with van der Waals surface area (Å²) in [7, 11) is -1.04. The zero-order valence-electron chi connectivity index (χ0n) is 21.8. The molecule has 0 aliphatic carbocycles. The van der Waals surface area contributed by atoms with Gasteiger partial charge < -0.3 is 9.30 Å². The Bertz CT molecular complexity index is 1900. The molecule has 1 amide bonds. The largest absolute Gasteiger partial charge is 0.497 e. The molecule has 4 aromatic heterocycles. The summed E-state index contributed by atoms with van der Waals surface area (Å²) >= 11 is 0. The van der Waals surface area contributed by atoms with Crippen molar-refractivity contribution in [1.82, 2.24) is 34.6 Å². The lowest BCUT2D eigenvalue weighted by molar-refractivity contribution is -0.137. The highest BCUT2D eigenvalue weighted by Gasteiger charge is 2.33. The van der Waals surface area contributed by atoms with E-state index in [4.69, 9.17) is 9.57 Å². The van der Waals surface area contributed by atoms with Gasteiger partial charge in [-0.2, -0.15) is 18.3 Å². The smallest absolute Gasteiger partial charge is 0.417 e. The third kappa shape index (κ3) is 5.18. The van der Waals surface area contributed by atoms with E-state index in [1.165, 1.54) is 37.9 Å². The maximum Gasteiger partial charge on any atom is 0.417 e. The summed E-state index contributed by atoms with van der Waals surface area (Å²) in [5.74, 6) is -0.548. The van der Waals surface area contributed by atoms with Crippen LogP contribution in [0.3, 0.4) is 0 Å². The number of sulfone groups is 1. The molecular formula is C25H22F3N7O5S. The van der Waals surface area contributed by atoms with Crippen LogP contribution in [0.5, 0.6) is 5.75 Å². The molecule has 0 saturated carbocycles. The van der Waals surface area contributed by atoms with Crippen LogP contribution in [0.25, 0.3) is 28.2 Å². The molecule has 0 aliphatic heterocycles. The van der Waals surface area contributed by atoms with Crippen molar-refractivity contribution in [3.63, 3.8) is 0 Å². The molecule has 1 aromatic carbocycles. The van der Waals surface area contributed by atoms with Crippen LogP contribution in [-0.2, 0) is 34.5 Å². The third-order valence-electron chi connectivity index (χ3n) is 6.19. The maximum absolute atomic E-state index is 13.3. The molecule has 1 N–H and O–H groups in total. The predicted molar refractivity (Wildman–Crippen MR) is 138 cm³/mol. The van der Waals surface area contributed by atoms with Gasteiger partial charge >= 0.3 is 6.18 Å². The number of carbonyl (C=O) groups excluding carboxylic acids is 1. The van der Waals surface area contributed by atoms with Gasteiger partial charge in [-0.15, -0.1) is 0 Å². The summed E-state index contributed by atoms with van der Waals surface area (Å²) in [5, 5.41) is 3.74. The number of aromatic nitrogens is 6. The summed E-state index contributed by atoms with van der Waals surface area (Å²) in [6.07, 6.45) is -2.72. The highest BCUT2D eigenvalue weighted by Crippen LogP contribution is 2.35. The number of pyridine rings is 1. The number of aryl methyl sites for hydroxylation is 1. The fourth-order valence-electron chi connectivity index (χ4n) is 4.10. The maximum atomic E-state index is 13.3. The van der Waals surface area contributed by atoms with Gasteiger partial charge in [-0.3, -0.25) is 9.63 Å². The monoisotopic (exact) mass is 589 g/mol. The van der Waals surface area contributed by atoms with Crippen molar-refractivity contribution in [1.29, 1.82) is 0 Å². The fourth-order valence-corrected chi connectivity index (χ4v) is 5.08. The molecule has 0 aliphatic rings. The molecule has 16 heteroatoms. The van der Waals surface area contributed by atoms with E-state index in [1.54, 1.807) is 24.3 Å². The van der Waals surface area contributed by atoms with Crippen LogP contribution in [-0.4, -0.2) is 56.3 Å². The van der Waals surface area contributed by atoms with Crippen LogP contribution < -0.4 is 10.2 Å². The number of alkyl halides is 3. The lowest BCUT2D eigenvalue weighted by Gasteiger charge is -2.08. The molecule has 0 bridgehead atoms. The van der Waals surface area contributed by atoms with Gasteiger partial charge in [-0.25, -0.2) is 33.4 Å². The number of carbonyl (C=O) groups is 1. The van der Waals surface area contributed by atoms with Gasteiger partial charge in [0.25, 0.3) is 5.91 Å². The lowest BCUT2D eigenvalue weighted by Crippen LogP contribution is -2.26. The van der Waals surface area contributed by atoms with E-state index < -0.39 is 32.5 Å². The number of ether oxygens (including phenoxy) is 1. The highest BCUT2D eigenvalue weighted by molar-refractivity contribution is 7.91. The number of fused-ring (bicyclic) bond motifs is 2. The molecule has 41 heavy (non-hydrogen) atoms. The number of amides is 1. The molecule has 0 atom stereocenters. The fraction of sp³-hybridized carbons (Fsp3) is 0.240. The molecule has 5 rings (SSSR count). The van der Waals surface area contributed by atoms with Gasteiger partial charge in [0.05, 0.1) is 25.0 Å². The van der Waals surface area contributed by atoms with Crippen LogP contribution in [0.2, 0.25) is 0 Å². The normalized spacial score (nSPS) is 12.2. The van der Waals surface area contributed by atoms with E-state index in [1.807, 2.05) is 0 Å². The lowest BCUT2D eigenvalue weighted by atomic mass is 10.2.